The van der Waals surface area contributed by atoms with Gasteiger partial charge in [-0.25, -0.2) is 0 Å². The highest BCUT2D eigenvalue weighted by atomic mass is 32.1. The van der Waals surface area contributed by atoms with E-state index in [0.29, 0.717) is 12.4 Å². The monoisotopic (exact) mass is 226 g/mol. The van der Waals surface area contributed by atoms with E-state index in [1.54, 1.807) is 4.90 Å². The van der Waals surface area contributed by atoms with Crippen molar-refractivity contribution < 1.29 is 4.79 Å². The van der Waals surface area contributed by atoms with Crippen LogP contribution in [0, 0.1) is 0 Å². The van der Waals surface area contributed by atoms with E-state index >= 15 is 0 Å². The molecule has 0 aromatic carbocycles. The summed E-state index contributed by atoms with van der Waals surface area (Å²) in [5, 5.41) is 0.983. The molecule has 2 rings (SSSR count). The van der Waals surface area contributed by atoms with Gasteiger partial charge in [-0.05, 0) is 18.0 Å². The molecule has 2 heterocycles. The number of anilines is 2. The summed E-state index contributed by atoms with van der Waals surface area (Å²) in [5.74, 6) is 0.680. The van der Waals surface area contributed by atoms with E-state index in [2.05, 4.69) is 4.37 Å². The molecule has 15 heavy (non-hydrogen) atoms. The zero-order chi connectivity index (χ0) is 10.8. The summed E-state index contributed by atoms with van der Waals surface area (Å²) in [6.07, 6.45) is 0.986. The average Bonchev–Trinajstić information content (AvgIpc) is 2.55. The second-order valence-corrected chi connectivity index (χ2v) is 4.46. The number of nitrogens with two attached hydrogens (primary N) is 1. The van der Waals surface area contributed by atoms with Crippen molar-refractivity contribution in [3.63, 3.8) is 0 Å². The predicted molar refractivity (Wildman–Crippen MR) is 61.0 cm³/mol. The van der Waals surface area contributed by atoms with Crippen LogP contribution in [0.4, 0.5) is 10.8 Å². The molecule has 6 heteroatoms. The lowest BCUT2D eigenvalue weighted by Gasteiger charge is -2.18. The van der Waals surface area contributed by atoms with Gasteiger partial charge in [0.05, 0.1) is 6.54 Å². The molecule has 5 nitrogen and oxygen atoms in total. The molecule has 0 unspecified atom stereocenters. The highest BCUT2D eigenvalue weighted by Crippen LogP contribution is 2.23. The van der Waals surface area contributed by atoms with Gasteiger partial charge in [0.25, 0.3) is 0 Å². The SMILES string of the molecule is CN1CCCN(c2cc(N)ns2)CC1=O. The molecular weight excluding hydrogens is 212 g/mol. The van der Waals surface area contributed by atoms with E-state index in [1.165, 1.54) is 11.5 Å². The van der Waals surface area contributed by atoms with Crippen LogP contribution in [-0.4, -0.2) is 41.9 Å². The number of nitrogen functional groups attached to an aromatic ring is 1. The first-order valence-corrected chi connectivity index (χ1v) is 5.65. The zero-order valence-corrected chi connectivity index (χ0v) is 9.46. The lowest BCUT2D eigenvalue weighted by molar-refractivity contribution is -0.127. The van der Waals surface area contributed by atoms with Crippen molar-refractivity contribution in [1.82, 2.24) is 9.27 Å². The number of hydrogen-bond acceptors (Lipinski definition) is 5. The van der Waals surface area contributed by atoms with Crippen LogP contribution in [0.1, 0.15) is 6.42 Å². The summed E-state index contributed by atoms with van der Waals surface area (Å²) in [6, 6.07) is 1.82. The van der Waals surface area contributed by atoms with Gasteiger partial charge in [-0.2, -0.15) is 4.37 Å². The van der Waals surface area contributed by atoms with Gasteiger partial charge in [0.15, 0.2) is 0 Å². The molecule has 0 aliphatic carbocycles. The molecule has 1 fully saturated rings. The summed E-state index contributed by atoms with van der Waals surface area (Å²) in [7, 11) is 1.84. The molecule has 1 saturated heterocycles. The summed E-state index contributed by atoms with van der Waals surface area (Å²) >= 11 is 1.35. The third-order valence-electron chi connectivity index (χ3n) is 2.50. The molecule has 1 aliphatic rings. The first-order valence-electron chi connectivity index (χ1n) is 4.88. The van der Waals surface area contributed by atoms with Crippen LogP contribution < -0.4 is 10.6 Å². The van der Waals surface area contributed by atoms with Crippen molar-refractivity contribution in [1.29, 1.82) is 0 Å². The molecule has 1 aromatic heterocycles. The first kappa shape index (κ1) is 10.2. The van der Waals surface area contributed by atoms with E-state index in [4.69, 9.17) is 5.73 Å². The van der Waals surface area contributed by atoms with Crippen LogP contribution in [0.15, 0.2) is 6.07 Å². The minimum absolute atomic E-state index is 0.152. The Balaban J connectivity index is 2.13. The topological polar surface area (TPSA) is 62.5 Å². The van der Waals surface area contributed by atoms with Gasteiger partial charge in [-0.3, -0.25) is 4.79 Å². The maximum atomic E-state index is 11.6. The largest absolute Gasteiger partial charge is 0.383 e. The molecule has 0 bridgehead atoms. The number of amides is 1. The maximum absolute atomic E-state index is 11.6. The van der Waals surface area contributed by atoms with Crippen molar-refractivity contribution in [3.8, 4) is 0 Å². The van der Waals surface area contributed by atoms with Crippen LogP contribution in [0.3, 0.4) is 0 Å². The van der Waals surface area contributed by atoms with Gasteiger partial charge in [-0.1, -0.05) is 0 Å². The van der Waals surface area contributed by atoms with E-state index in [0.717, 1.165) is 24.5 Å². The van der Waals surface area contributed by atoms with Crippen LogP contribution in [0.25, 0.3) is 0 Å². The van der Waals surface area contributed by atoms with Crippen molar-refractivity contribution >= 4 is 28.3 Å². The van der Waals surface area contributed by atoms with E-state index in [1.807, 2.05) is 18.0 Å². The first-order chi connectivity index (χ1) is 7.16. The Bertz CT molecular complexity index is 365. The third-order valence-corrected chi connectivity index (χ3v) is 3.37. The second kappa shape index (κ2) is 4.06. The summed E-state index contributed by atoms with van der Waals surface area (Å²) in [6.45, 7) is 2.14. The quantitative estimate of drug-likeness (QED) is 0.752. The lowest BCUT2D eigenvalue weighted by Crippen LogP contribution is -2.33. The number of aromatic nitrogens is 1. The zero-order valence-electron chi connectivity index (χ0n) is 8.64. The number of rotatable bonds is 1. The third kappa shape index (κ3) is 2.20. The minimum Gasteiger partial charge on any atom is -0.383 e. The predicted octanol–water partition coefficient (Wildman–Crippen LogP) is 0.394. The molecule has 0 radical (unpaired) electrons. The van der Waals surface area contributed by atoms with Crippen molar-refractivity contribution in [2.45, 2.75) is 6.42 Å². The normalized spacial score (nSPS) is 18.1. The smallest absolute Gasteiger partial charge is 0.241 e. The molecule has 0 spiro atoms. The van der Waals surface area contributed by atoms with Crippen LogP contribution in [0.2, 0.25) is 0 Å². The molecule has 1 aliphatic heterocycles. The Labute approximate surface area is 92.6 Å². The van der Waals surface area contributed by atoms with Crippen LogP contribution in [-0.2, 0) is 4.79 Å². The number of nitrogens with zero attached hydrogens (tertiary/aromatic N) is 3. The maximum Gasteiger partial charge on any atom is 0.241 e. The number of hydrogen-bond donors (Lipinski definition) is 1. The van der Waals surface area contributed by atoms with Crippen LogP contribution in [0.5, 0.6) is 0 Å². The van der Waals surface area contributed by atoms with Gasteiger partial charge in [0.1, 0.15) is 10.8 Å². The Morgan fingerprint density at radius 2 is 2.33 bits per heavy atom. The van der Waals surface area contributed by atoms with Gasteiger partial charge in [0.2, 0.25) is 5.91 Å². The molecular formula is C9H14N4OS. The van der Waals surface area contributed by atoms with E-state index < -0.39 is 0 Å². The fourth-order valence-corrected chi connectivity index (χ4v) is 2.30. The van der Waals surface area contributed by atoms with E-state index in [-0.39, 0.29) is 5.91 Å². The number of carbonyl (C=O) groups excluding carboxylic acids is 1. The lowest BCUT2D eigenvalue weighted by atomic mass is 10.4. The highest BCUT2D eigenvalue weighted by molar-refractivity contribution is 7.10. The Hall–Kier alpha value is -1.30. The van der Waals surface area contributed by atoms with Crippen molar-refractivity contribution in [2.24, 2.45) is 0 Å². The summed E-state index contributed by atoms with van der Waals surface area (Å²) in [5.41, 5.74) is 5.56. The fourth-order valence-electron chi connectivity index (χ4n) is 1.60. The summed E-state index contributed by atoms with van der Waals surface area (Å²) < 4.78 is 4.02. The fraction of sp³-hybridized carbons (Fsp3) is 0.556. The molecule has 2 N–H and O–H groups in total. The molecule has 0 saturated carbocycles. The average molecular weight is 226 g/mol. The van der Waals surface area contributed by atoms with Gasteiger partial charge >= 0.3 is 0 Å². The summed E-state index contributed by atoms with van der Waals surface area (Å²) in [4.78, 5) is 15.5. The highest BCUT2D eigenvalue weighted by Gasteiger charge is 2.20. The molecule has 82 valence electrons. The van der Waals surface area contributed by atoms with Crippen molar-refractivity contribution in [3.05, 3.63) is 6.07 Å². The number of likely N-dealkylation sites (N-methyl/N-ethyl adjacent to an activating group) is 1. The Kier molecular flexibility index (Phi) is 2.77. The van der Waals surface area contributed by atoms with Crippen molar-refractivity contribution in [2.75, 3.05) is 37.3 Å². The van der Waals surface area contributed by atoms with Gasteiger partial charge in [-0.15, -0.1) is 0 Å². The second-order valence-electron chi connectivity index (χ2n) is 3.68. The van der Waals surface area contributed by atoms with E-state index in [9.17, 15) is 4.79 Å². The number of carbonyl (C=O) groups is 1. The Morgan fingerprint density at radius 1 is 1.53 bits per heavy atom. The molecule has 0 atom stereocenters. The van der Waals surface area contributed by atoms with Gasteiger partial charge < -0.3 is 15.5 Å². The van der Waals surface area contributed by atoms with Crippen LogP contribution >= 0.6 is 11.5 Å². The molecule has 1 amide bonds. The minimum atomic E-state index is 0.152. The standard InChI is InChI=1S/C9H14N4OS/c1-12-3-2-4-13(6-8(12)14)9-5-7(10)11-15-9/h5H,2-4,6H2,1H3,(H2,10,11). The van der Waals surface area contributed by atoms with Gasteiger partial charge in [0, 0.05) is 26.2 Å². The Morgan fingerprint density at radius 3 is 3.00 bits per heavy atom. The molecule has 1 aromatic rings.